The molecular formula is C13H19Cl2N3O. The average molecular weight is 304 g/mol. The first-order valence-corrected chi connectivity index (χ1v) is 7.07. The van der Waals surface area contributed by atoms with E-state index in [4.69, 9.17) is 34.7 Å². The Balaban J connectivity index is 2.02. The summed E-state index contributed by atoms with van der Waals surface area (Å²) in [7, 11) is 0. The number of phenolic OH excluding ortho intramolecular Hbond substituents is 1. The number of hydrogen-bond donors (Lipinski definition) is 3. The first kappa shape index (κ1) is 14.9. The summed E-state index contributed by atoms with van der Waals surface area (Å²) in [5.41, 5.74) is 12.4. The van der Waals surface area contributed by atoms with E-state index in [0.29, 0.717) is 23.1 Å². The molecule has 1 aromatic rings. The van der Waals surface area contributed by atoms with Gasteiger partial charge in [0, 0.05) is 43.3 Å². The number of hydrogen-bond acceptors (Lipinski definition) is 4. The predicted molar refractivity (Wildman–Crippen MR) is 78.6 cm³/mol. The summed E-state index contributed by atoms with van der Waals surface area (Å²) < 4.78 is 0. The first-order chi connectivity index (χ1) is 8.93. The summed E-state index contributed by atoms with van der Waals surface area (Å²) in [5.74, 6) is 0.179. The van der Waals surface area contributed by atoms with Gasteiger partial charge >= 0.3 is 0 Å². The Bertz CT molecular complexity index is 459. The molecule has 19 heavy (non-hydrogen) atoms. The van der Waals surface area contributed by atoms with Crippen molar-refractivity contribution < 1.29 is 5.11 Å². The van der Waals surface area contributed by atoms with Crippen LogP contribution in [0.4, 0.5) is 0 Å². The van der Waals surface area contributed by atoms with Crippen LogP contribution in [0.3, 0.4) is 0 Å². The fourth-order valence-corrected chi connectivity index (χ4v) is 2.65. The molecule has 5 N–H and O–H groups in total. The highest BCUT2D eigenvalue weighted by Gasteiger charge is 2.29. The van der Waals surface area contributed by atoms with Gasteiger partial charge in [-0.25, -0.2) is 0 Å². The third-order valence-corrected chi connectivity index (χ3v) is 4.50. The molecule has 1 aromatic carbocycles. The molecule has 1 saturated heterocycles. The lowest BCUT2D eigenvalue weighted by atomic mass is 9.88. The lowest BCUT2D eigenvalue weighted by Gasteiger charge is -2.38. The van der Waals surface area contributed by atoms with Gasteiger partial charge in [-0.05, 0) is 18.9 Å². The minimum atomic E-state index is -0.240. The Kier molecular flexibility index (Phi) is 4.58. The Hall–Kier alpha value is -0.520. The maximum Gasteiger partial charge on any atom is 0.121 e. The maximum atomic E-state index is 9.88. The van der Waals surface area contributed by atoms with E-state index in [0.717, 1.165) is 31.5 Å². The molecule has 0 bridgehead atoms. The van der Waals surface area contributed by atoms with Gasteiger partial charge in [0.2, 0.25) is 0 Å². The van der Waals surface area contributed by atoms with Crippen molar-refractivity contribution in [2.75, 3.05) is 19.6 Å². The van der Waals surface area contributed by atoms with Crippen LogP contribution in [0.1, 0.15) is 18.4 Å². The van der Waals surface area contributed by atoms with Crippen molar-refractivity contribution in [2.45, 2.75) is 24.9 Å². The van der Waals surface area contributed by atoms with Crippen molar-refractivity contribution in [3.8, 4) is 5.75 Å². The van der Waals surface area contributed by atoms with E-state index in [1.807, 2.05) is 0 Å². The fourth-order valence-electron chi connectivity index (χ4n) is 2.31. The van der Waals surface area contributed by atoms with E-state index in [1.54, 1.807) is 6.07 Å². The fraction of sp³-hybridized carbons (Fsp3) is 0.538. The van der Waals surface area contributed by atoms with Gasteiger partial charge in [0.15, 0.2) is 0 Å². The van der Waals surface area contributed by atoms with E-state index in [2.05, 4.69) is 4.90 Å². The third-order valence-electron chi connectivity index (χ3n) is 3.77. The van der Waals surface area contributed by atoms with Gasteiger partial charge in [-0.15, -0.1) is 0 Å². The number of halogens is 2. The Morgan fingerprint density at radius 2 is 1.79 bits per heavy atom. The highest BCUT2D eigenvalue weighted by atomic mass is 35.5. The van der Waals surface area contributed by atoms with Crippen LogP contribution in [0.5, 0.6) is 5.75 Å². The van der Waals surface area contributed by atoms with Crippen LogP contribution in [0.2, 0.25) is 10.0 Å². The van der Waals surface area contributed by atoms with Crippen LogP contribution in [-0.4, -0.2) is 35.2 Å². The van der Waals surface area contributed by atoms with Gasteiger partial charge < -0.3 is 16.6 Å². The van der Waals surface area contributed by atoms with Crippen molar-refractivity contribution >= 4 is 23.2 Å². The zero-order chi connectivity index (χ0) is 14.0. The van der Waals surface area contributed by atoms with Crippen molar-refractivity contribution in [1.29, 1.82) is 0 Å². The van der Waals surface area contributed by atoms with Crippen LogP contribution in [0.15, 0.2) is 12.1 Å². The molecule has 1 aliphatic rings. The highest BCUT2D eigenvalue weighted by molar-refractivity contribution is 6.42. The van der Waals surface area contributed by atoms with Crippen molar-refractivity contribution in [3.63, 3.8) is 0 Å². The first-order valence-electron chi connectivity index (χ1n) is 6.32. The van der Waals surface area contributed by atoms with Gasteiger partial charge in [-0.3, -0.25) is 4.90 Å². The number of benzene rings is 1. The molecule has 0 spiro atoms. The Labute approximate surface area is 123 Å². The number of nitrogens with two attached hydrogens (primary N) is 2. The molecule has 0 saturated carbocycles. The van der Waals surface area contributed by atoms with Crippen LogP contribution >= 0.6 is 23.2 Å². The quantitative estimate of drug-likeness (QED) is 0.798. The monoisotopic (exact) mass is 303 g/mol. The topological polar surface area (TPSA) is 75.5 Å². The molecule has 1 fully saturated rings. The molecular weight excluding hydrogens is 285 g/mol. The highest BCUT2D eigenvalue weighted by Crippen LogP contribution is 2.31. The molecule has 106 valence electrons. The summed E-state index contributed by atoms with van der Waals surface area (Å²) in [6.07, 6.45) is 1.73. The summed E-state index contributed by atoms with van der Waals surface area (Å²) in [6, 6.07) is 3.20. The molecule has 1 aliphatic heterocycles. The summed E-state index contributed by atoms with van der Waals surface area (Å²) >= 11 is 11.8. The van der Waals surface area contributed by atoms with Crippen LogP contribution in [0.25, 0.3) is 0 Å². The van der Waals surface area contributed by atoms with Crippen LogP contribution < -0.4 is 11.5 Å². The number of likely N-dealkylation sites (tertiary alicyclic amines) is 1. The zero-order valence-corrected chi connectivity index (χ0v) is 12.2. The van der Waals surface area contributed by atoms with Crippen molar-refractivity contribution in [3.05, 3.63) is 27.7 Å². The molecule has 0 aliphatic carbocycles. The van der Waals surface area contributed by atoms with E-state index in [9.17, 15) is 5.11 Å². The molecule has 0 unspecified atom stereocenters. The van der Waals surface area contributed by atoms with Crippen LogP contribution in [0, 0.1) is 0 Å². The lowest BCUT2D eigenvalue weighted by molar-refractivity contribution is 0.158. The predicted octanol–water partition coefficient (Wildman–Crippen LogP) is 1.95. The summed E-state index contributed by atoms with van der Waals surface area (Å²) in [6.45, 7) is 2.89. The van der Waals surface area contributed by atoms with Gasteiger partial charge in [0.25, 0.3) is 0 Å². The smallest absolute Gasteiger partial charge is 0.121 e. The molecule has 6 heteroatoms. The maximum absolute atomic E-state index is 9.88. The van der Waals surface area contributed by atoms with E-state index in [1.165, 1.54) is 6.07 Å². The van der Waals surface area contributed by atoms with Crippen molar-refractivity contribution in [2.24, 2.45) is 11.5 Å². The third kappa shape index (κ3) is 3.52. The number of rotatable bonds is 3. The van der Waals surface area contributed by atoms with E-state index in [-0.39, 0.29) is 11.3 Å². The Morgan fingerprint density at radius 3 is 2.37 bits per heavy atom. The molecule has 0 radical (unpaired) electrons. The van der Waals surface area contributed by atoms with E-state index >= 15 is 0 Å². The largest absolute Gasteiger partial charge is 0.508 e. The van der Waals surface area contributed by atoms with Crippen molar-refractivity contribution in [1.82, 2.24) is 4.90 Å². The Morgan fingerprint density at radius 1 is 1.21 bits per heavy atom. The zero-order valence-electron chi connectivity index (χ0n) is 10.7. The molecule has 1 heterocycles. The minimum Gasteiger partial charge on any atom is -0.508 e. The number of aromatic hydroxyl groups is 1. The van der Waals surface area contributed by atoms with Gasteiger partial charge in [-0.1, -0.05) is 23.2 Å². The number of phenols is 1. The summed E-state index contributed by atoms with van der Waals surface area (Å²) in [5, 5.41) is 10.7. The molecule has 0 aromatic heterocycles. The number of nitrogens with zero attached hydrogens (tertiary/aromatic N) is 1. The van der Waals surface area contributed by atoms with E-state index < -0.39 is 0 Å². The minimum absolute atomic E-state index is 0.179. The van der Waals surface area contributed by atoms with Gasteiger partial charge in [-0.2, -0.15) is 0 Å². The normalized spacial score (nSPS) is 19.6. The molecule has 2 rings (SSSR count). The van der Waals surface area contributed by atoms with Gasteiger partial charge in [0.1, 0.15) is 5.75 Å². The summed E-state index contributed by atoms with van der Waals surface area (Å²) in [4.78, 5) is 2.24. The molecule has 4 nitrogen and oxygen atoms in total. The SMILES string of the molecule is NCC1(N)CCN(Cc2cc(Cl)c(Cl)cc2O)CC1. The second-order valence-corrected chi connectivity index (χ2v) is 6.05. The molecule has 0 atom stereocenters. The second kappa shape index (κ2) is 5.85. The number of piperidine rings is 1. The van der Waals surface area contributed by atoms with Gasteiger partial charge in [0.05, 0.1) is 10.0 Å². The van der Waals surface area contributed by atoms with Crippen LogP contribution in [-0.2, 0) is 6.54 Å². The standard InChI is InChI=1S/C13H19Cl2N3O/c14-10-5-9(12(19)6-11(10)15)7-18-3-1-13(17,8-16)2-4-18/h5-6,19H,1-4,7-8,16-17H2. The second-order valence-electron chi connectivity index (χ2n) is 5.24. The average Bonchev–Trinajstić information content (AvgIpc) is 2.39. The molecule has 0 amide bonds. The lowest BCUT2D eigenvalue weighted by Crippen LogP contribution is -2.54.